The molecule has 0 spiro atoms. The number of nitrogens with zero attached hydrogens (tertiary/aromatic N) is 3. The van der Waals surface area contributed by atoms with Gasteiger partial charge in [-0.1, -0.05) is 6.92 Å². The van der Waals surface area contributed by atoms with E-state index in [1.807, 2.05) is 38.1 Å². The summed E-state index contributed by atoms with van der Waals surface area (Å²) in [5.41, 5.74) is 4.58. The molecule has 0 aliphatic heterocycles. The first kappa shape index (κ1) is 19.2. The van der Waals surface area contributed by atoms with Crippen LogP contribution in [0.3, 0.4) is 0 Å². The minimum atomic E-state index is -0.435. The summed E-state index contributed by atoms with van der Waals surface area (Å²) >= 11 is 0. The quantitative estimate of drug-likeness (QED) is 0.500. The van der Waals surface area contributed by atoms with Crippen molar-refractivity contribution in [2.45, 2.75) is 33.7 Å². The van der Waals surface area contributed by atoms with Crippen molar-refractivity contribution in [3.05, 3.63) is 65.4 Å². The van der Waals surface area contributed by atoms with E-state index in [1.165, 1.54) is 6.39 Å². The molecule has 0 aliphatic rings. The lowest BCUT2D eigenvalue weighted by Crippen LogP contribution is -2.13. The van der Waals surface area contributed by atoms with Gasteiger partial charge in [0, 0.05) is 29.2 Å². The van der Waals surface area contributed by atoms with E-state index in [0.29, 0.717) is 11.4 Å². The zero-order valence-corrected chi connectivity index (χ0v) is 16.2. The van der Waals surface area contributed by atoms with Crippen molar-refractivity contribution in [3.63, 3.8) is 0 Å². The molecule has 3 rings (SSSR count). The number of oxazole rings is 1. The van der Waals surface area contributed by atoms with Gasteiger partial charge in [0.2, 0.25) is 0 Å². The van der Waals surface area contributed by atoms with Gasteiger partial charge in [-0.25, -0.2) is 4.98 Å². The van der Waals surface area contributed by atoms with Gasteiger partial charge in [-0.05, 0) is 62.2 Å². The van der Waals surface area contributed by atoms with Gasteiger partial charge < -0.3 is 14.3 Å². The van der Waals surface area contributed by atoms with E-state index < -0.39 is 5.91 Å². The zero-order valence-electron chi connectivity index (χ0n) is 16.2. The summed E-state index contributed by atoms with van der Waals surface area (Å²) < 4.78 is 7.45. The number of aryl methyl sites for hydroxylation is 1. The van der Waals surface area contributed by atoms with Crippen molar-refractivity contribution in [3.8, 4) is 17.4 Å². The Morgan fingerprint density at radius 3 is 2.68 bits per heavy atom. The Kier molecular flexibility index (Phi) is 5.75. The van der Waals surface area contributed by atoms with E-state index >= 15 is 0 Å². The molecule has 2 aromatic heterocycles. The smallest absolute Gasteiger partial charge is 0.266 e. The lowest BCUT2D eigenvalue weighted by molar-refractivity contribution is -0.112. The number of benzene rings is 1. The van der Waals surface area contributed by atoms with Crippen LogP contribution in [0.25, 0.3) is 17.4 Å². The fraction of sp³-hybridized carbons (Fsp3) is 0.227. The summed E-state index contributed by atoms with van der Waals surface area (Å²) in [6.07, 6.45) is 5.66. The van der Waals surface area contributed by atoms with E-state index in [4.69, 9.17) is 4.42 Å². The Morgan fingerprint density at radius 1 is 1.32 bits per heavy atom. The molecule has 0 fully saturated rings. The maximum absolute atomic E-state index is 12.6. The second kappa shape index (κ2) is 8.40. The number of nitriles is 1. The Balaban J connectivity index is 1.78. The van der Waals surface area contributed by atoms with Crippen LogP contribution in [0.15, 0.2) is 52.9 Å². The third-order valence-electron chi connectivity index (χ3n) is 4.58. The standard InChI is InChI=1S/C22H22N4O2/c1-4-9-26-15(2)10-18(16(26)3)11-19(12-23)22(27)25-20-7-5-17(6-8-20)21-13-24-14-28-21/h5-8,10-11,13-14H,4,9H2,1-3H3,(H,25,27)/b19-11-. The molecule has 142 valence electrons. The van der Waals surface area contributed by atoms with Crippen molar-refractivity contribution in [2.75, 3.05) is 5.32 Å². The molecule has 0 saturated carbocycles. The first-order valence-corrected chi connectivity index (χ1v) is 9.12. The third-order valence-corrected chi connectivity index (χ3v) is 4.58. The Hall–Kier alpha value is -3.59. The molecule has 0 bridgehead atoms. The summed E-state index contributed by atoms with van der Waals surface area (Å²) in [6.45, 7) is 7.07. The van der Waals surface area contributed by atoms with Crippen LogP contribution in [0.4, 0.5) is 5.69 Å². The van der Waals surface area contributed by atoms with Crippen LogP contribution in [0.5, 0.6) is 0 Å². The lowest BCUT2D eigenvalue weighted by Gasteiger charge is -2.07. The normalized spacial score (nSPS) is 11.3. The monoisotopic (exact) mass is 374 g/mol. The van der Waals surface area contributed by atoms with E-state index in [-0.39, 0.29) is 5.57 Å². The maximum Gasteiger partial charge on any atom is 0.266 e. The first-order chi connectivity index (χ1) is 13.5. The van der Waals surface area contributed by atoms with E-state index in [1.54, 1.807) is 24.4 Å². The molecule has 1 aromatic carbocycles. The number of aromatic nitrogens is 2. The molecule has 28 heavy (non-hydrogen) atoms. The van der Waals surface area contributed by atoms with Gasteiger partial charge in [0.1, 0.15) is 11.6 Å². The second-order valence-electron chi connectivity index (χ2n) is 6.55. The van der Waals surface area contributed by atoms with Gasteiger partial charge in [-0.15, -0.1) is 0 Å². The second-order valence-corrected chi connectivity index (χ2v) is 6.55. The highest BCUT2D eigenvalue weighted by Crippen LogP contribution is 2.22. The number of nitrogens with one attached hydrogen (secondary N) is 1. The highest BCUT2D eigenvalue weighted by molar-refractivity contribution is 6.09. The highest BCUT2D eigenvalue weighted by atomic mass is 16.3. The Morgan fingerprint density at radius 2 is 2.07 bits per heavy atom. The Labute approximate surface area is 164 Å². The van der Waals surface area contributed by atoms with Crippen molar-refractivity contribution >= 4 is 17.7 Å². The predicted octanol–water partition coefficient (Wildman–Crippen LogP) is 4.72. The van der Waals surface area contributed by atoms with Crippen LogP contribution in [-0.2, 0) is 11.3 Å². The number of hydrogen-bond donors (Lipinski definition) is 1. The van der Waals surface area contributed by atoms with Crippen molar-refractivity contribution in [1.29, 1.82) is 5.26 Å². The molecule has 0 unspecified atom stereocenters. The number of rotatable bonds is 6. The van der Waals surface area contributed by atoms with Gasteiger partial charge in [0.05, 0.1) is 6.20 Å². The van der Waals surface area contributed by atoms with E-state index in [2.05, 4.69) is 21.8 Å². The average molecular weight is 374 g/mol. The minimum Gasteiger partial charge on any atom is -0.444 e. The topological polar surface area (TPSA) is 83.9 Å². The van der Waals surface area contributed by atoms with Crippen LogP contribution in [0, 0.1) is 25.2 Å². The van der Waals surface area contributed by atoms with Crippen LogP contribution >= 0.6 is 0 Å². The molecule has 3 aromatic rings. The fourth-order valence-electron chi connectivity index (χ4n) is 3.12. The number of carbonyl (C=O) groups excluding carboxylic acids is 1. The fourth-order valence-corrected chi connectivity index (χ4v) is 3.12. The minimum absolute atomic E-state index is 0.0658. The lowest BCUT2D eigenvalue weighted by atomic mass is 10.1. The molecule has 1 N–H and O–H groups in total. The van der Waals surface area contributed by atoms with Crippen molar-refractivity contribution in [1.82, 2.24) is 9.55 Å². The van der Waals surface area contributed by atoms with Crippen molar-refractivity contribution in [2.24, 2.45) is 0 Å². The number of amides is 1. The first-order valence-electron chi connectivity index (χ1n) is 9.12. The van der Waals surface area contributed by atoms with Crippen LogP contribution < -0.4 is 5.32 Å². The van der Waals surface area contributed by atoms with Gasteiger partial charge in [-0.3, -0.25) is 4.79 Å². The molecule has 0 atom stereocenters. The van der Waals surface area contributed by atoms with Crippen LogP contribution in [-0.4, -0.2) is 15.5 Å². The molecular weight excluding hydrogens is 352 g/mol. The Bertz CT molecular complexity index is 1040. The van der Waals surface area contributed by atoms with Gasteiger partial charge >= 0.3 is 0 Å². The van der Waals surface area contributed by atoms with Crippen molar-refractivity contribution < 1.29 is 9.21 Å². The van der Waals surface area contributed by atoms with Gasteiger partial charge in [0.25, 0.3) is 5.91 Å². The van der Waals surface area contributed by atoms with Crippen LogP contribution in [0.1, 0.15) is 30.3 Å². The summed E-state index contributed by atoms with van der Waals surface area (Å²) in [7, 11) is 0. The molecule has 0 radical (unpaired) electrons. The molecular formula is C22H22N4O2. The molecule has 1 amide bonds. The largest absolute Gasteiger partial charge is 0.444 e. The van der Waals surface area contributed by atoms with Gasteiger partial charge in [-0.2, -0.15) is 5.26 Å². The molecule has 0 aliphatic carbocycles. The number of carbonyl (C=O) groups is 1. The molecule has 6 heteroatoms. The van der Waals surface area contributed by atoms with Crippen LogP contribution in [0.2, 0.25) is 0 Å². The van der Waals surface area contributed by atoms with Gasteiger partial charge in [0.15, 0.2) is 12.2 Å². The zero-order chi connectivity index (χ0) is 20.1. The molecule has 2 heterocycles. The maximum atomic E-state index is 12.6. The van der Waals surface area contributed by atoms with E-state index in [9.17, 15) is 10.1 Å². The summed E-state index contributed by atoms with van der Waals surface area (Å²) in [4.78, 5) is 16.4. The third kappa shape index (κ3) is 4.04. The SMILES string of the molecule is CCCn1c(C)cc(/C=C(/C#N)C(=O)Nc2ccc(-c3cnco3)cc2)c1C. The summed E-state index contributed by atoms with van der Waals surface area (Å²) in [5, 5.41) is 12.2. The highest BCUT2D eigenvalue weighted by Gasteiger charge is 2.13. The predicted molar refractivity (Wildman–Crippen MR) is 108 cm³/mol. The molecule has 0 saturated heterocycles. The summed E-state index contributed by atoms with van der Waals surface area (Å²) in [6, 6.07) is 11.2. The molecule has 6 nitrogen and oxygen atoms in total. The number of hydrogen-bond acceptors (Lipinski definition) is 4. The average Bonchev–Trinajstić information content (AvgIpc) is 3.31. The van der Waals surface area contributed by atoms with E-state index in [0.717, 1.165) is 35.5 Å². The number of anilines is 1. The summed E-state index contributed by atoms with van der Waals surface area (Å²) in [5.74, 6) is 0.216.